The van der Waals surface area contributed by atoms with Crippen LogP contribution in [0.3, 0.4) is 0 Å². The molecule has 3 aromatic carbocycles. The van der Waals surface area contributed by atoms with Crippen LogP contribution in [0, 0.1) is 6.92 Å². The number of nitrogens with zero attached hydrogens (tertiary/aromatic N) is 2. The molecule has 5 nitrogen and oxygen atoms in total. The van der Waals surface area contributed by atoms with Gasteiger partial charge in [-0.25, -0.2) is 4.98 Å². The fourth-order valence-corrected chi connectivity index (χ4v) is 4.15. The van der Waals surface area contributed by atoms with Gasteiger partial charge in [0.2, 0.25) is 0 Å². The number of aromatic nitrogens is 2. The zero-order valence-corrected chi connectivity index (χ0v) is 20.4. The number of amides is 1. The number of ether oxygens (including phenoxy) is 1. The van der Waals surface area contributed by atoms with E-state index in [9.17, 15) is 4.79 Å². The van der Waals surface area contributed by atoms with E-state index in [1.807, 2.05) is 68.4 Å². The van der Waals surface area contributed by atoms with Gasteiger partial charge in [-0.1, -0.05) is 55.8 Å². The summed E-state index contributed by atoms with van der Waals surface area (Å²) in [5.41, 5.74) is 5.02. The monoisotopic (exact) mass is 455 g/mol. The van der Waals surface area contributed by atoms with E-state index < -0.39 is 0 Å². The summed E-state index contributed by atoms with van der Waals surface area (Å²) in [5, 5.41) is 3.12. The lowest BCUT2D eigenvalue weighted by Gasteiger charge is -2.17. The van der Waals surface area contributed by atoms with Crippen LogP contribution < -0.4 is 10.1 Å². The van der Waals surface area contributed by atoms with E-state index in [0.717, 1.165) is 41.1 Å². The van der Waals surface area contributed by atoms with Crippen LogP contribution in [0.4, 0.5) is 0 Å². The lowest BCUT2D eigenvalue weighted by atomic mass is 10.0. The Morgan fingerprint density at radius 3 is 2.50 bits per heavy atom. The maximum Gasteiger partial charge on any atom is 0.251 e. The van der Waals surface area contributed by atoms with Crippen LogP contribution in [0.15, 0.2) is 72.8 Å². The van der Waals surface area contributed by atoms with Crippen LogP contribution in [0.5, 0.6) is 5.75 Å². The molecule has 0 spiro atoms. The maximum absolute atomic E-state index is 12.8. The molecule has 1 atom stereocenters. The number of nitrogens with one attached hydrogen (secondary N) is 1. The van der Waals surface area contributed by atoms with E-state index in [-0.39, 0.29) is 11.9 Å². The van der Waals surface area contributed by atoms with Gasteiger partial charge in [-0.05, 0) is 68.1 Å². The Hall–Kier alpha value is -3.60. The van der Waals surface area contributed by atoms with E-state index in [4.69, 9.17) is 9.72 Å². The predicted octanol–water partition coefficient (Wildman–Crippen LogP) is 6.43. The SMILES string of the molecule is Cc1cccc(C(=O)NC(C)c2nc3ccccc3n2CCCOc2ccc(C(C)C)cc2)c1. The fraction of sp³-hybridized carbons (Fsp3) is 0.310. The van der Waals surface area contributed by atoms with E-state index in [2.05, 4.69) is 41.9 Å². The smallest absolute Gasteiger partial charge is 0.251 e. The third-order valence-electron chi connectivity index (χ3n) is 6.04. The van der Waals surface area contributed by atoms with Crippen LogP contribution in [-0.4, -0.2) is 22.1 Å². The third-order valence-corrected chi connectivity index (χ3v) is 6.04. The van der Waals surface area contributed by atoms with Crippen LogP contribution in [0.1, 0.15) is 66.5 Å². The average Bonchev–Trinajstić information content (AvgIpc) is 3.21. The van der Waals surface area contributed by atoms with Gasteiger partial charge in [0.15, 0.2) is 0 Å². The molecule has 4 aromatic rings. The molecule has 0 radical (unpaired) electrons. The molecule has 0 saturated carbocycles. The van der Waals surface area contributed by atoms with E-state index in [1.165, 1.54) is 5.56 Å². The summed E-state index contributed by atoms with van der Waals surface area (Å²) in [6.45, 7) is 9.71. The molecule has 1 amide bonds. The molecule has 0 aliphatic heterocycles. The highest BCUT2D eigenvalue weighted by Gasteiger charge is 2.19. The van der Waals surface area contributed by atoms with Crippen molar-refractivity contribution in [1.82, 2.24) is 14.9 Å². The number of imidazole rings is 1. The van der Waals surface area contributed by atoms with Crippen molar-refractivity contribution in [3.63, 3.8) is 0 Å². The number of carbonyl (C=O) groups is 1. The molecule has 1 unspecified atom stereocenters. The first-order valence-corrected chi connectivity index (χ1v) is 12.0. The number of aryl methyl sites for hydroxylation is 2. The predicted molar refractivity (Wildman–Crippen MR) is 137 cm³/mol. The van der Waals surface area contributed by atoms with E-state index >= 15 is 0 Å². The van der Waals surface area contributed by atoms with Crippen molar-refractivity contribution >= 4 is 16.9 Å². The number of hydrogen-bond acceptors (Lipinski definition) is 3. The Labute approximate surface area is 201 Å². The molecule has 176 valence electrons. The Balaban J connectivity index is 1.44. The molecule has 0 aliphatic rings. The lowest BCUT2D eigenvalue weighted by Crippen LogP contribution is -2.29. The van der Waals surface area contributed by atoms with Gasteiger partial charge in [0, 0.05) is 12.1 Å². The molecule has 1 heterocycles. The first-order chi connectivity index (χ1) is 16.4. The number of benzene rings is 3. The quantitative estimate of drug-likeness (QED) is 0.296. The molecule has 0 fully saturated rings. The normalized spacial score (nSPS) is 12.1. The zero-order valence-electron chi connectivity index (χ0n) is 20.4. The zero-order chi connectivity index (χ0) is 24.1. The van der Waals surface area contributed by atoms with Crippen molar-refractivity contribution in [3.8, 4) is 5.75 Å². The standard InChI is InChI=1S/C29H33N3O2/c1-20(2)23-13-15-25(16-14-23)34-18-8-17-32-27-12-6-5-11-26(27)31-28(32)22(4)30-29(33)24-10-7-9-21(3)19-24/h5-7,9-16,19-20,22H,8,17-18H2,1-4H3,(H,30,33). The second-order valence-electron chi connectivity index (χ2n) is 9.10. The summed E-state index contributed by atoms with van der Waals surface area (Å²) in [5.74, 6) is 2.15. The molecule has 0 saturated heterocycles. The maximum atomic E-state index is 12.8. The number of carbonyl (C=O) groups excluding carboxylic acids is 1. The summed E-state index contributed by atoms with van der Waals surface area (Å²) in [6.07, 6.45) is 0.831. The third kappa shape index (κ3) is 5.48. The molecule has 5 heteroatoms. The van der Waals surface area contributed by atoms with Crippen molar-refractivity contribution in [2.45, 2.75) is 52.6 Å². The van der Waals surface area contributed by atoms with Crippen LogP contribution in [0.2, 0.25) is 0 Å². The second-order valence-corrected chi connectivity index (χ2v) is 9.10. The molecule has 34 heavy (non-hydrogen) atoms. The Morgan fingerprint density at radius 1 is 1.00 bits per heavy atom. The lowest BCUT2D eigenvalue weighted by molar-refractivity contribution is 0.0937. The van der Waals surface area contributed by atoms with Gasteiger partial charge in [0.25, 0.3) is 5.91 Å². The number of rotatable bonds is 9. The molecular formula is C29H33N3O2. The topological polar surface area (TPSA) is 56.2 Å². The Bertz CT molecular complexity index is 1260. The molecular weight excluding hydrogens is 422 g/mol. The Morgan fingerprint density at radius 2 is 1.76 bits per heavy atom. The highest BCUT2D eigenvalue weighted by molar-refractivity contribution is 5.94. The molecule has 0 bridgehead atoms. The van der Waals surface area contributed by atoms with Crippen LogP contribution in [-0.2, 0) is 6.54 Å². The molecule has 1 N–H and O–H groups in total. The van der Waals surface area contributed by atoms with Crippen LogP contribution >= 0.6 is 0 Å². The van der Waals surface area contributed by atoms with Crippen molar-refractivity contribution in [2.75, 3.05) is 6.61 Å². The molecule has 0 aliphatic carbocycles. The first-order valence-electron chi connectivity index (χ1n) is 12.0. The number of fused-ring (bicyclic) bond motifs is 1. The minimum Gasteiger partial charge on any atom is -0.494 e. The van der Waals surface area contributed by atoms with Gasteiger partial charge in [0.05, 0.1) is 23.7 Å². The van der Waals surface area contributed by atoms with Crippen molar-refractivity contribution in [2.24, 2.45) is 0 Å². The van der Waals surface area contributed by atoms with Gasteiger partial charge in [-0.3, -0.25) is 4.79 Å². The number of para-hydroxylation sites is 2. The van der Waals surface area contributed by atoms with Gasteiger partial charge in [-0.2, -0.15) is 0 Å². The minimum absolute atomic E-state index is 0.0945. The highest BCUT2D eigenvalue weighted by Crippen LogP contribution is 2.23. The fourth-order valence-electron chi connectivity index (χ4n) is 4.15. The minimum atomic E-state index is -0.232. The van der Waals surface area contributed by atoms with Gasteiger partial charge in [0.1, 0.15) is 11.6 Å². The summed E-state index contributed by atoms with van der Waals surface area (Å²) in [4.78, 5) is 17.7. The van der Waals surface area contributed by atoms with Crippen LogP contribution in [0.25, 0.3) is 11.0 Å². The van der Waals surface area contributed by atoms with E-state index in [0.29, 0.717) is 18.1 Å². The first kappa shape index (κ1) is 23.6. The average molecular weight is 456 g/mol. The summed E-state index contributed by atoms with van der Waals surface area (Å²) < 4.78 is 8.18. The summed E-state index contributed by atoms with van der Waals surface area (Å²) in [6, 6.07) is 23.8. The largest absolute Gasteiger partial charge is 0.494 e. The highest BCUT2D eigenvalue weighted by atomic mass is 16.5. The van der Waals surface area contributed by atoms with Crippen molar-refractivity contribution in [1.29, 1.82) is 0 Å². The molecule has 1 aromatic heterocycles. The van der Waals surface area contributed by atoms with E-state index in [1.54, 1.807) is 0 Å². The second kappa shape index (κ2) is 10.6. The van der Waals surface area contributed by atoms with Crippen molar-refractivity contribution in [3.05, 3.63) is 95.3 Å². The van der Waals surface area contributed by atoms with Gasteiger partial charge < -0.3 is 14.6 Å². The van der Waals surface area contributed by atoms with Crippen molar-refractivity contribution < 1.29 is 9.53 Å². The summed E-state index contributed by atoms with van der Waals surface area (Å²) in [7, 11) is 0. The Kier molecular flexibility index (Phi) is 7.31. The van der Waals surface area contributed by atoms with Gasteiger partial charge in [-0.15, -0.1) is 0 Å². The summed E-state index contributed by atoms with van der Waals surface area (Å²) >= 11 is 0. The molecule has 4 rings (SSSR count). The van der Waals surface area contributed by atoms with Gasteiger partial charge >= 0.3 is 0 Å². The number of hydrogen-bond donors (Lipinski definition) is 1.